The van der Waals surface area contributed by atoms with Gasteiger partial charge in [0, 0.05) is 19.2 Å². The number of hydrogen-bond donors (Lipinski definition) is 0. The topological polar surface area (TPSA) is 38.8 Å². The summed E-state index contributed by atoms with van der Waals surface area (Å²) in [5.41, 5.74) is 3.33. The standard InChI is InChI=1S/C22H25NO3/c1-23(21-13-10-16-5-2-3-7-20(16)21)22(24)17-8-11-18(12-9-17)26-15-19-6-4-14-25-19/h2-3,5,7-9,11-12,19,21H,4,6,10,13-15H2,1H3. The van der Waals surface area contributed by atoms with Gasteiger partial charge in [0.15, 0.2) is 0 Å². The van der Waals surface area contributed by atoms with Crippen LogP contribution in [0.2, 0.25) is 0 Å². The molecule has 0 saturated carbocycles. The summed E-state index contributed by atoms with van der Waals surface area (Å²) in [6, 6.07) is 16.0. The third-order valence-corrected chi connectivity index (χ3v) is 5.45. The first kappa shape index (κ1) is 17.1. The fourth-order valence-corrected chi connectivity index (χ4v) is 3.94. The zero-order valence-electron chi connectivity index (χ0n) is 15.2. The molecule has 0 radical (unpaired) electrons. The molecule has 2 atom stereocenters. The molecule has 0 spiro atoms. The predicted octanol–water partition coefficient (Wildman–Crippen LogP) is 4.00. The van der Waals surface area contributed by atoms with Gasteiger partial charge in [-0.3, -0.25) is 4.79 Å². The Labute approximate surface area is 154 Å². The van der Waals surface area contributed by atoms with Crippen molar-refractivity contribution in [1.29, 1.82) is 0 Å². The first-order valence-electron chi connectivity index (χ1n) is 9.42. The van der Waals surface area contributed by atoms with E-state index in [2.05, 4.69) is 24.3 Å². The van der Waals surface area contributed by atoms with E-state index >= 15 is 0 Å². The molecule has 1 heterocycles. The number of amides is 1. The van der Waals surface area contributed by atoms with Gasteiger partial charge < -0.3 is 14.4 Å². The summed E-state index contributed by atoms with van der Waals surface area (Å²) in [6.45, 7) is 1.41. The van der Waals surface area contributed by atoms with Crippen molar-refractivity contribution >= 4 is 5.91 Å². The van der Waals surface area contributed by atoms with Crippen LogP contribution in [0.1, 0.15) is 46.8 Å². The number of fused-ring (bicyclic) bond motifs is 1. The van der Waals surface area contributed by atoms with E-state index in [0.717, 1.165) is 38.0 Å². The largest absolute Gasteiger partial charge is 0.491 e. The van der Waals surface area contributed by atoms with Gasteiger partial charge in [0.05, 0.1) is 12.1 Å². The Morgan fingerprint density at radius 1 is 1.15 bits per heavy atom. The summed E-state index contributed by atoms with van der Waals surface area (Å²) in [5.74, 6) is 0.836. The van der Waals surface area contributed by atoms with Gasteiger partial charge in [0.25, 0.3) is 5.91 Å². The molecular formula is C22H25NO3. The molecule has 4 nitrogen and oxygen atoms in total. The van der Waals surface area contributed by atoms with Crippen LogP contribution in [0.15, 0.2) is 48.5 Å². The number of rotatable bonds is 5. The lowest BCUT2D eigenvalue weighted by Gasteiger charge is -2.25. The highest BCUT2D eigenvalue weighted by molar-refractivity contribution is 5.94. The molecule has 136 valence electrons. The van der Waals surface area contributed by atoms with Gasteiger partial charge in [-0.15, -0.1) is 0 Å². The summed E-state index contributed by atoms with van der Waals surface area (Å²) < 4.78 is 11.3. The van der Waals surface area contributed by atoms with Crippen molar-refractivity contribution < 1.29 is 14.3 Å². The Hall–Kier alpha value is -2.33. The highest BCUT2D eigenvalue weighted by Gasteiger charge is 2.28. The van der Waals surface area contributed by atoms with E-state index in [-0.39, 0.29) is 18.1 Å². The molecule has 0 aromatic heterocycles. The van der Waals surface area contributed by atoms with E-state index in [1.807, 2.05) is 36.2 Å². The third-order valence-electron chi connectivity index (χ3n) is 5.45. The minimum Gasteiger partial charge on any atom is -0.491 e. The lowest BCUT2D eigenvalue weighted by atomic mass is 10.1. The molecule has 2 aromatic carbocycles. The quantitative estimate of drug-likeness (QED) is 0.817. The van der Waals surface area contributed by atoms with Crippen molar-refractivity contribution in [3.8, 4) is 5.75 Å². The van der Waals surface area contributed by atoms with Gasteiger partial charge in [-0.05, 0) is 61.1 Å². The molecular weight excluding hydrogens is 326 g/mol. The van der Waals surface area contributed by atoms with Crippen LogP contribution in [-0.2, 0) is 11.2 Å². The molecule has 2 aromatic rings. The van der Waals surface area contributed by atoms with Gasteiger partial charge in [0.2, 0.25) is 0 Å². The van der Waals surface area contributed by atoms with E-state index in [0.29, 0.717) is 12.2 Å². The number of hydrogen-bond acceptors (Lipinski definition) is 3. The maximum absolute atomic E-state index is 12.9. The number of ether oxygens (including phenoxy) is 2. The Bertz CT molecular complexity index is 765. The van der Waals surface area contributed by atoms with Crippen LogP contribution >= 0.6 is 0 Å². The van der Waals surface area contributed by atoms with Crippen molar-refractivity contribution in [3.63, 3.8) is 0 Å². The molecule has 1 aliphatic carbocycles. The highest BCUT2D eigenvalue weighted by Crippen LogP contribution is 2.35. The molecule has 1 saturated heterocycles. The monoisotopic (exact) mass is 351 g/mol. The molecule has 2 unspecified atom stereocenters. The van der Waals surface area contributed by atoms with E-state index < -0.39 is 0 Å². The van der Waals surface area contributed by atoms with Gasteiger partial charge in [-0.1, -0.05) is 24.3 Å². The van der Waals surface area contributed by atoms with Crippen molar-refractivity contribution in [1.82, 2.24) is 4.90 Å². The minimum absolute atomic E-state index is 0.0531. The SMILES string of the molecule is CN(C(=O)c1ccc(OCC2CCCO2)cc1)C1CCc2ccccc21. The fraction of sp³-hybridized carbons (Fsp3) is 0.409. The van der Waals surface area contributed by atoms with Gasteiger partial charge >= 0.3 is 0 Å². The predicted molar refractivity (Wildman–Crippen MR) is 101 cm³/mol. The van der Waals surface area contributed by atoms with Gasteiger partial charge in [-0.25, -0.2) is 0 Å². The average Bonchev–Trinajstić information content (AvgIpc) is 3.35. The second kappa shape index (κ2) is 7.50. The molecule has 4 heteroatoms. The van der Waals surface area contributed by atoms with Crippen LogP contribution in [0.5, 0.6) is 5.75 Å². The molecule has 0 N–H and O–H groups in total. The fourth-order valence-electron chi connectivity index (χ4n) is 3.94. The van der Waals surface area contributed by atoms with Crippen LogP contribution in [0.3, 0.4) is 0 Å². The van der Waals surface area contributed by atoms with Crippen molar-refractivity contribution in [3.05, 3.63) is 65.2 Å². The normalized spacial score (nSPS) is 21.4. The second-order valence-electron chi connectivity index (χ2n) is 7.14. The summed E-state index contributed by atoms with van der Waals surface area (Å²) in [5, 5.41) is 0. The number of nitrogens with zero attached hydrogens (tertiary/aromatic N) is 1. The van der Waals surface area contributed by atoms with Crippen molar-refractivity contribution in [2.24, 2.45) is 0 Å². The lowest BCUT2D eigenvalue weighted by molar-refractivity contribution is 0.0678. The Morgan fingerprint density at radius 3 is 2.73 bits per heavy atom. The lowest BCUT2D eigenvalue weighted by Crippen LogP contribution is -2.30. The van der Waals surface area contributed by atoms with E-state index in [1.54, 1.807) is 0 Å². The molecule has 1 aliphatic heterocycles. The number of benzene rings is 2. The van der Waals surface area contributed by atoms with Crippen LogP contribution in [0.25, 0.3) is 0 Å². The average molecular weight is 351 g/mol. The van der Waals surface area contributed by atoms with E-state index in [9.17, 15) is 4.79 Å². The summed E-state index contributed by atoms with van der Waals surface area (Å²) in [4.78, 5) is 14.8. The van der Waals surface area contributed by atoms with E-state index in [1.165, 1.54) is 11.1 Å². The zero-order chi connectivity index (χ0) is 17.9. The van der Waals surface area contributed by atoms with Gasteiger partial charge in [-0.2, -0.15) is 0 Å². The van der Waals surface area contributed by atoms with Crippen molar-refractivity contribution in [2.75, 3.05) is 20.3 Å². The van der Waals surface area contributed by atoms with Crippen molar-refractivity contribution in [2.45, 2.75) is 37.8 Å². The molecule has 1 amide bonds. The summed E-state index contributed by atoms with van der Waals surface area (Å²) >= 11 is 0. The van der Waals surface area contributed by atoms with Crippen LogP contribution < -0.4 is 4.74 Å². The molecule has 26 heavy (non-hydrogen) atoms. The summed E-state index contributed by atoms with van der Waals surface area (Å²) in [7, 11) is 1.90. The minimum atomic E-state index is 0.0531. The number of aryl methyl sites for hydroxylation is 1. The number of carbonyl (C=O) groups is 1. The maximum atomic E-state index is 12.9. The first-order chi connectivity index (χ1) is 12.7. The smallest absolute Gasteiger partial charge is 0.254 e. The van der Waals surface area contributed by atoms with Crippen LogP contribution in [0, 0.1) is 0 Å². The molecule has 1 fully saturated rings. The van der Waals surface area contributed by atoms with E-state index in [4.69, 9.17) is 9.47 Å². The Kier molecular flexibility index (Phi) is 4.93. The first-order valence-corrected chi connectivity index (χ1v) is 9.42. The second-order valence-corrected chi connectivity index (χ2v) is 7.14. The Morgan fingerprint density at radius 2 is 1.96 bits per heavy atom. The third kappa shape index (κ3) is 3.47. The molecule has 4 rings (SSSR count). The highest BCUT2D eigenvalue weighted by atomic mass is 16.5. The number of carbonyl (C=O) groups excluding carboxylic acids is 1. The molecule has 0 bridgehead atoms. The Balaban J connectivity index is 1.40. The maximum Gasteiger partial charge on any atom is 0.254 e. The van der Waals surface area contributed by atoms with Crippen LogP contribution in [0.4, 0.5) is 0 Å². The zero-order valence-corrected chi connectivity index (χ0v) is 15.2. The van der Waals surface area contributed by atoms with Gasteiger partial charge in [0.1, 0.15) is 12.4 Å². The summed E-state index contributed by atoms with van der Waals surface area (Å²) in [6.07, 6.45) is 4.39. The van der Waals surface area contributed by atoms with Crippen LogP contribution in [-0.4, -0.2) is 37.2 Å². The molecule has 2 aliphatic rings.